The Morgan fingerprint density at radius 3 is 1.08 bits per heavy atom. The summed E-state index contributed by atoms with van der Waals surface area (Å²) in [5.74, 6) is -0.399. The number of carbonyl (C=O) groups excluding carboxylic acids is 2. The highest BCUT2D eigenvalue weighted by atomic mass is 16.6. The van der Waals surface area contributed by atoms with Crippen LogP contribution in [-0.2, 0) is 23.8 Å². The van der Waals surface area contributed by atoms with Crippen molar-refractivity contribution in [2.75, 3.05) is 19.8 Å². The Kier molecular flexibility index (Phi) is 55.3. The molecule has 0 aromatic heterocycles. The zero-order chi connectivity index (χ0) is 47.7. The highest BCUT2D eigenvalue weighted by Gasteiger charge is 2.17. The van der Waals surface area contributed by atoms with Crippen LogP contribution in [0.2, 0.25) is 0 Å². The Bertz CT molecular complexity index is 1090. The van der Waals surface area contributed by atoms with Gasteiger partial charge in [0, 0.05) is 19.4 Å². The number of carbonyl (C=O) groups is 2. The molecule has 0 aliphatic rings. The second-order valence-corrected chi connectivity index (χ2v) is 19.5. The van der Waals surface area contributed by atoms with Crippen LogP contribution in [-0.4, -0.2) is 37.9 Å². The van der Waals surface area contributed by atoms with Crippen LogP contribution in [0.3, 0.4) is 0 Å². The molecule has 0 saturated heterocycles. The summed E-state index contributed by atoms with van der Waals surface area (Å²) in [5.41, 5.74) is 0. The topological polar surface area (TPSA) is 61.8 Å². The van der Waals surface area contributed by atoms with Crippen molar-refractivity contribution in [3.63, 3.8) is 0 Å². The molecular formula is C61H112O5. The predicted octanol–water partition coefficient (Wildman–Crippen LogP) is 19.9. The molecule has 0 spiro atoms. The number of rotatable bonds is 54. The minimum atomic E-state index is -0.542. The van der Waals surface area contributed by atoms with Gasteiger partial charge in [-0.1, -0.05) is 256 Å². The first kappa shape index (κ1) is 63.9. The molecule has 0 amide bonds. The van der Waals surface area contributed by atoms with E-state index < -0.39 is 6.10 Å². The molecule has 0 heterocycles. The SMILES string of the molecule is CCCCC/C=C\C/C=C\C/C=C\CCCCCCCCC(=O)OCC(COCCCCCCCC/C=C\CCCCCC)OC(=O)CCCCCCCCCCCCCCCCCCC. The van der Waals surface area contributed by atoms with Gasteiger partial charge in [0.15, 0.2) is 6.10 Å². The summed E-state index contributed by atoms with van der Waals surface area (Å²) in [6.07, 6.45) is 71.3. The Morgan fingerprint density at radius 1 is 0.333 bits per heavy atom. The van der Waals surface area contributed by atoms with E-state index in [1.807, 2.05) is 0 Å². The Balaban J connectivity index is 4.26. The number of ether oxygens (including phenoxy) is 3. The van der Waals surface area contributed by atoms with Crippen molar-refractivity contribution < 1.29 is 23.8 Å². The lowest BCUT2D eigenvalue weighted by atomic mass is 10.0. The number of allylic oxidation sites excluding steroid dienone is 8. The molecule has 1 unspecified atom stereocenters. The van der Waals surface area contributed by atoms with E-state index in [-0.39, 0.29) is 25.2 Å². The van der Waals surface area contributed by atoms with E-state index in [1.165, 1.54) is 205 Å². The standard InChI is InChI=1S/C61H112O5/c1-4-7-10-13-16-19-22-25-28-30-31-33-34-36-39-42-45-48-51-54-60(62)65-58-59(57-64-56-53-50-47-44-41-38-27-24-21-18-15-12-9-6-3)66-61(63)55-52-49-46-43-40-37-35-32-29-26-23-20-17-14-11-8-5-2/h16,19,21,24-25,28,31,33,59H,4-15,17-18,20,22-23,26-27,29-30,32,34-58H2,1-3H3/b19-16-,24-21-,28-25-,33-31-. The summed E-state index contributed by atoms with van der Waals surface area (Å²) in [6, 6.07) is 0. The van der Waals surface area contributed by atoms with Gasteiger partial charge in [-0.15, -0.1) is 0 Å². The predicted molar refractivity (Wildman–Crippen MR) is 288 cm³/mol. The van der Waals surface area contributed by atoms with Crippen molar-refractivity contribution in [1.82, 2.24) is 0 Å². The van der Waals surface area contributed by atoms with Crippen LogP contribution in [0.15, 0.2) is 48.6 Å². The van der Waals surface area contributed by atoms with E-state index in [0.717, 1.165) is 64.2 Å². The maximum atomic E-state index is 12.9. The lowest BCUT2D eigenvalue weighted by Gasteiger charge is -2.18. The minimum Gasteiger partial charge on any atom is -0.462 e. The summed E-state index contributed by atoms with van der Waals surface area (Å²) in [7, 11) is 0. The average Bonchev–Trinajstić information content (AvgIpc) is 3.32. The number of esters is 2. The molecule has 0 bridgehead atoms. The number of unbranched alkanes of at least 4 members (excludes halogenated alkanes) is 35. The van der Waals surface area contributed by atoms with Crippen LogP contribution in [0.1, 0.15) is 303 Å². The Labute approximate surface area is 412 Å². The summed E-state index contributed by atoms with van der Waals surface area (Å²) >= 11 is 0. The van der Waals surface area contributed by atoms with Gasteiger partial charge in [0.25, 0.3) is 0 Å². The van der Waals surface area contributed by atoms with E-state index in [2.05, 4.69) is 69.4 Å². The molecule has 1 atom stereocenters. The molecule has 0 N–H and O–H groups in total. The van der Waals surface area contributed by atoms with E-state index >= 15 is 0 Å². The summed E-state index contributed by atoms with van der Waals surface area (Å²) in [6.45, 7) is 7.81. The molecule has 386 valence electrons. The third-order valence-corrected chi connectivity index (χ3v) is 12.8. The first-order valence-corrected chi connectivity index (χ1v) is 29.2. The third-order valence-electron chi connectivity index (χ3n) is 12.8. The quantitative estimate of drug-likeness (QED) is 0.0345. The van der Waals surface area contributed by atoms with Crippen LogP contribution in [0, 0.1) is 0 Å². The lowest BCUT2D eigenvalue weighted by molar-refractivity contribution is -0.163. The van der Waals surface area contributed by atoms with Crippen molar-refractivity contribution in [1.29, 1.82) is 0 Å². The van der Waals surface area contributed by atoms with Crippen molar-refractivity contribution in [3.05, 3.63) is 48.6 Å². The molecule has 0 rings (SSSR count). The van der Waals surface area contributed by atoms with E-state index in [9.17, 15) is 9.59 Å². The van der Waals surface area contributed by atoms with Gasteiger partial charge in [-0.05, 0) is 83.5 Å². The van der Waals surface area contributed by atoms with Gasteiger partial charge in [-0.25, -0.2) is 0 Å². The van der Waals surface area contributed by atoms with Crippen molar-refractivity contribution >= 4 is 11.9 Å². The van der Waals surface area contributed by atoms with Crippen LogP contribution < -0.4 is 0 Å². The van der Waals surface area contributed by atoms with Crippen LogP contribution in [0.4, 0.5) is 0 Å². The van der Waals surface area contributed by atoms with E-state index in [1.54, 1.807) is 0 Å². The van der Waals surface area contributed by atoms with Gasteiger partial charge in [-0.2, -0.15) is 0 Å². The van der Waals surface area contributed by atoms with Gasteiger partial charge >= 0.3 is 11.9 Å². The molecule has 5 heteroatoms. The molecular weight excluding hydrogens is 813 g/mol. The van der Waals surface area contributed by atoms with Gasteiger partial charge < -0.3 is 14.2 Å². The second kappa shape index (κ2) is 57.2. The zero-order valence-corrected chi connectivity index (χ0v) is 44.5. The fourth-order valence-corrected chi connectivity index (χ4v) is 8.45. The van der Waals surface area contributed by atoms with E-state index in [0.29, 0.717) is 19.4 Å². The molecule has 0 radical (unpaired) electrons. The Morgan fingerprint density at radius 2 is 0.636 bits per heavy atom. The Hall–Kier alpha value is -2.14. The van der Waals surface area contributed by atoms with E-state index in [4.69, 9.17) is 14.2 Å². The molecule has 0 fully saturated rings. The van der Waals surface area contributed by atoms with Crippen LogP contribution >= 0.6 is 0 Å². The first-order chi connectivity index (χ1) is 32.6. The highest BCUT2D eigenvalue weighted by Crippen LogP contribution is 2.16. The molecule has 66 heavy (non-hydrogen) atoms. The van der Waals surface area contributed by atoms with Crippen molar-refractivity contribution in [3.8, 4) is 0 Å². The van der Waals surface area contributed by atoms with Gasteiger partial charge in [0.2, 0.25) is 0 Å². The summed E-state index contributed by atoms with van der Waals surface area (Å²) in [5, 5.41) is 0. The normalized spacial score (nSPS) is 12.5. The smallest absolute Gasteiger partial charge is 0.306 e. The molecule has 0 aliphatic carbocycles. The molecule has 0 aliphatic heterocycles. The highest BCUT2D eigenvalue weighted by molar-refractivity contribution is 5.70. The third kappa shape index (κ3) is 54.5. The molecule has 5 nitrogen and oxygen atoms in total. The molecule has 0 aromatic carbocycles. The average molecular weight is 926 g/mol. The second-order valence-electron chi connectivity index (χ2n) is 19.5. The molecule has 0 aromatic rings. The summed E-state index contributed by atoms with van der Waals surface area (Å²) in [4.78, 5) is 25.5. The zero-order valence-electron chi connectivity index (χ0n) is 44.5. The largest absolute Gasteiger partial charge is 0.462 e. The van der Waals surface area contributed by atoms with Gasteiger partial charge in [0.1, 0.15) is 6.61 Å². The number of hydrogen-bond acceptors (Lipinski definition) is 5. The van der Waals surface area contributed by atoms with Crippen LogP contribution in [0.5, 0.6) is 0 Å². The van der Waals surface area contributed by atoms with Crippen LogP contribution in [0.25, 0.3) is 0 Å². The summed E-state index contributed by atoms with van der Waals surface area (Å²) < 4.78 is 17.5. The monoisotopic (exact) mass is 925 g/mol. The van der Waals surface area contributed by atoms with Crippen molar-refractivity contribution in [2.45, 2.75) is 309 Å². The first-order valence-electron chi connectivity index (χ1n) is 29.2. The maximum Gasteiger partial charge on any atom is 0.306 e. The van der Waals surface area contributed by atoms with Gasteiger partial charge in [0.05, 0.1) is 6.61 Å². The van der Waals surface area contributed by atoms with Gasteiger partial charge in [-0.3, -0.25) is 9.59 Å². The maximum absolute atomic E-state index is 12.9. The minimum absolute atomic E-state index is 0.0797. The fraction of sp³-hybridized carbons (Fsp3) is 0.836. The molecule has 0 saturated carbocycles. The number of hydrogen-bond donors (Lipinski definition) is 0. The fourth-order valence-electron chi connectivity index (χ4n) is 8.45. The lowest BCUT2D eigenvalue weighted by Crippen LogP contribution is -2.30. The van der Waals surface area contributed by atoms with Crippen molar-refractivity contribution in [2.24, 2.45) is 0 Å².